The Labute approximate surface area is 114 Å². The molecule has 0 radical (unpaired) electrons. The standard InChI is InChI=1S/C11H12ClN5O2/c1-7-9(12)5-14-16(7)6-8-2-3-11(17(18)19)10(4-8)15-13/h2-5,15H,6,13H2,1H3. The zero-order chi connectivity index (χ0) is 14.0. The number of nitrogens with one attached hydrogen (secondary N) is 1. The highest BCUT2D eigenvalue weighted by Gasteiger charge is 2.14. The first-order valence-corrected chi connectivity index (χ1v) is 5.82. The fourth-order valence-electron chi connectivity index (χ4n) is 1.71. The van der Waals surface area contributed by atoms with Crippen molar-refractivity contribution < 1.29 is 4.92 Å². The molecule has 0 amide bonds. The van der Waals surface area contributed by atoms with Gasteiger partial charge in [-0.25, -0.2) is 0 Å². The van der Waals surface area contributed by atoms with Gasteiger partial charge in [-0.1, -0.05) is 17.7 Å². The zero-order valence-electron chi connectivity index (χ0n) is 10.1. The number of benzene rings is 1. The molecule has 0 fully saturated rings. The SMILES string of the molecule is Cc1c(Cl)cnn1Cc1ccc([N+](=O)[O-])c(NN)c1. The maximum Gasteiger partial charge on any atom is 0.293 e. The van der Waals surface area contributed by atoms with Crippen LogP contribution in [-0.4, -0.2) is 14.7 Å². The van der Waals surface area contributed by atoms with Crippen LogP contribution in [0.3, 0.4) is 0 Å². The Morgan fingerprint density at radius 1 is 1.58 bits per heavy atom. The lowest BCUT2D eigenvalue weighted by Crippen LogP contribution is -2.10. The first-order chi connectivity index (χ1) is 9.02. The predicted molar refractivity (Wildman–Crippen MR) is 72.0 cm³/mol. The number of hydrogen-bond acceptors (Lipinski definition) is 5. The summed E-state index contributed by atoms with van der Waals surface area (Å²) >= 11 is 5.92. The van der Waals surface area contributed by atoms with E-state index in [2.05, 4.69) is 10.5 Å². The number of aromatic nitrogens is 2. The Balaban J connectivity index is 2.31. The first-order valence-electron chi connectivity index (χ1n) is 5.44. The number of halogens is 1. The third-order valence-electron chi connectivity index (χ3n) is 2.79. The van der Waals surface area contributed by atoms with Crippen LogP contribution in [0.5, 0.6) is 0 Å². The van der Waals surface area contributed by atoms with Gasteiger partial charge in [0.25, 0.3) is 5.69 Å². The van der Waals surface area contributed by atoms with E-state index in [9.17, 15) is 10.1 Å². The molecule has 3 N–H and O–H groups in total. The minimum absolute atomic E-state index is 0.0681. The number of nitrogens with two attached hydrogens (primary N) is 1. The van der Waals surface area contributed by atoms with Gasteiger partial charge in [-0.05, 0) is 18.6 Å². The van der Waals surface area contributed by atoms with Crippen molar-refractivity contribution in [1.29, 1.82) is 0 Å². The van der Waals surface area contributed by atoms with Gasteiger partial charge in [-0.3, -0.25) is 20.6 Å². The van der Waals surface area contributed by atoms with Crippen molar-refractivity contribution in [2.45, 2.75) is 13.5 Å². The van der Waals surface area contributed by atoms with Crippen LogP contribution in [0.1, 0.15) is 11.3 Å². The van der Waals surface area contributed by atoms with E-state index in [4.69, 9.17) is 17.4 Å². The molecule has 0 atom stereocenters. The summed E-state index contributed by atoms with van der Waals surface area (Å²) in [7, 11) is 0. The fourth-order valence-corrected chi connectivity index (χ4v) is 1.85. The van der Waals surface area contributed by atoms with Crippen LogP contribution in [-0.2, 0) is 6.54 Å². The summed E-state index contributed by atoms with van der Waals surface area (Å²) in [5, 5.41) is 15.5. The number of nitro groups is 1. The van der Waals surface area contributed by atoms with E-state index in [0.29, 0.717) is 11.6 Å². The normalized spacial score (nSPS) is 10.5. The monoisotopic (exact) mass is 281 g/mol. The van der Waals surface area contributed by atoms with Crippen LogP contribution in [0.15, 0.2) is 24.4 Å². The van der Waals surface area contributed by atoms with Crippen molar-refractivity contribution in [2.24, 2.45) is 5.84 Å². The molecule has 2 aromatic rings. The largest absolute Gasteiger partial charge is 0.318 e. The molecule has 100 valence electrons. The van der Waals surface area contributed by atoms with Gasteiger partial charge in [0.2, 0.25) is 0 Å². The smallest absolute Gasteiger partial charge is 0.293 e. The molecule has 2 rings (SSSR count). The highest BCUT2D eigenvalue weighted by atomic mass is 35.5. The van der Waals surface area contributed by atoms with Gasteiger partial charge >= 0.3 is 0 Å². The molecule has 0 saturated heterocycles. The van der Waals surface area contributed by atoms with Crippen LogP contribution in [0.2, 0.25) is 5.02 Å². The molecule has 0 bridgehead atoms. The highest BCUT2D eigenvalue weighted by molar-refractivity contribution is 6.31. The first kappa shape index (κ1) is 13.3. The molecule has 1 aromatic carbocycles. The number of anilines is 1. The molecule has 1 heterocycles. The Morgan fingerprint density at radius 3 is 2.84 bits per heavy atom. The van der Waals surface area contributed by atoms with Crippen molar-refractivity contribution in [3.8, 4) is 0 Å². The van der Waals surface area contributed by atoms with Crippen LogP contribution < -0.4 is 11.3 Å². The molecular formula is C11H12ClN5O2. The van der Waals surface area contributed by atoms with E-state index in [1.54, 1.807) is 23.0 Å². The van der Waals surface area contributed by atoms with E-state index in [1.807, 2.05) is 6.92 Å². The molecule has 0 aliphatic heterocycles. The molecule has 0 unspecified atom stereocenters. The number of nitro benzene ring substituents is 1. The van der Waals surface area contributed by atoms with Crippen molar-refractivity contribution in [3.63, 3.8) is 0 Å². The molecule has 0 spiro atoms. The van der Waals surface area contributed by atoms with Gasteiger partial charge in [0.1, 0.15) is 5.69 Å². The van der Waals surface area contributed by atoms with Crippen LogP contribution >= 0.6 is 11.6 Å². The number of rotatable bonds is 4. The van der Waals surface area contributed by atoms with Gasteiger partial charge in [0.15, 0.2) is 0 Å². The highest BCUT2D eigenvalue weighted by Crippen LogP contribution is 2.25. The molecule has 8 heteroatoms. The lowest BCUT2D eigenvalue weighted by molar-refractivity contribution is -0.384. The van der Waals surface area contributed by atoms with E-state index in [0.717, 1.165) is 11.3 Å². The molecule has 19 heavy (non-hydrogen) atoms. The van der Waals surface area contributed by atoms with Crippen molar-refractivity contribution in [3.05, 3.63) is 50.8 Å². The van der Waals surface area contributed by atoms with Crippen LogP contribution in [0, 0.1) is 17.0 Å². The predicted octanol–water partition coefficient (Wildman–Crippen LogP) is 2.09. The van der Waals surface area contributed by atoms with Crippen molar-refractivity contribution in [2.75, 3.05) is 5.43 Å². The van der Waals surface area contributed by atoms with E-state index in [-0.39, 0.29) is 11.4 Å². The molecule has 1 aromatic heterocycles. The quantitative estimate of drug-likeness (QED) is 0.508. The summed E-state index contributed by atoms with van der Waals surface area (Å²) in [5.41, 5.74) is 4.19. The lowest BCUT2D eigenvalue weighted by Gasteiger charge is -2.07. The molecular weight excluding hydrogens is 270 g/mol. The zero-order valence-corrected chi connectivity index (χ0v) is 10.9. The summed E-state index contributed by atoms with van der Waals surface area (Å²) in [4.78, 5) is 10.3. The second kappa shape index (κ2) is 5.25. The van der Waals surface area contributed by atoms with Crippen LogP contribution in [0.25, 0.3) is 0 Å². The summed E-state index contributed by atoms with van der Waals surface area (Å²) in [6, 6.07) is 4.69. The van der Waals surface area contributed by atoms with Crippen molar-refractivity contribution in [1.82, 2.24) is 9.78 Å². The Morgan fingerprint density at radius 2 is 2.32 bits per heavy atom. The summed E-state index contributed by atoms with van der Waals surface area (Å²) < 4.78 is 1.71. The average Bonchev–Trinajstić information content (AvgIpc) is 2.70. The minimum atomic E-state index is -0.491. The molecule has 0 aliphatic rings. The second-order valence-electron chi connectivity index (χ2n) is 3.99. The third-order valence-corrected chi connectivity index (χ3v) is 3.16. The van der Waals surface area contributed by atoms with Gasteiger partial charge in [0, 0.05) is 6.07 Å². The maximum absolute atomic E-state index is 10.8. The topological polar surface area (TPSA) is 99.0 Å². The van der Waals surface area contributed by atoms with Gasteiger partial charge in [-0.2, -0.15) is 5.10 Å². The number of hydrazine groups is 1. The maximum atomic E-state index is 10.8. The molecule has 7 nitrogen and oxygen atoms in total. The van der Waals surface area contributed by atoms with E-state index >= 15 is 0 Å². The van der Waals surface area contributed by atoms with E-state index < -0.39 is 4.92 Å². The Kier molecular flexibility index (Phi) is 3.68. The Hall–Kier alpha value is -2.12. The summed E-state index contributed by atoms with van der Waals surface area (Å²) in [6.07, 6.45) is 1.56. The van der Waals surface area contributed by atoms with Gasteiger partial charge < -0.3 is 5.43 Å². The number of hydrogen-bond donors (Lipinski definition) is 2. The molecule has 0 saturated carbocycles. The number of nitrogen functional groups attached to an aromatic ring is 1. The van der Waals surface area contributed by atoms with E-state index in [1.165, 1.54) is 6.07 Å². The molecule has 0 aliphatic carbocycles. The Bertz CT molecular complexity index is 626. The van der Waals surface area contributed by atoms with Gasteiger partial charge in [-0.15, -0.1) is 0 Å². The average molecular weight is 282 g/mol. The minimum Gasteiger partial charge on any atom is -0.318 e. The third kappa shape index (κ3) is 2.67. The fraction of sp³-hybridized carbons (Fsp3) is 0.182. The summed E-state index contributed by atoms with van der Waals surface area (Å²) in [5.74, 6) is 5.29. The van der Waals surface area contributed by atoms with Crippen molar-refractivity contribution >= 4 is 23.0 Å². The summed E-state index contributed by atoms with van der Waals surface area (Å²) in [6.45, 7) is 2.31. The van der Waals surface area contributed by atoms with Crippen LogP contribution in [0.4, 0.5) is 11.4 Å². The number of nitrogens with zero attached hydrogens (tertiary/aromatic N) is 3. The second-order valence-corrected chi connectivity index (χ2v) is 4.40. The lowest BCUT2D eigenvalue weighted by atomic mass is 10.1. The van der Waals surface area contributed by atoms with Gasteiger partial charge in [0.05, 0.1) is 28.4 Å².